The predicted molar refractivity (Wildman–Crippen MR) is 81.7 cm³/mol. The monoisotopic (exact) mass is 280 g/mol. The number of nitrogens with one attached hydrogen (secondary N) is 1. The van der Waals surface area contributed by atoms with Crippen molar-refractivity contribution in [2.45, 2.75) is 0 Å². The van der Waals surface area contributed by atoms with E-state index < -0.39 is 0 Å². The van der Waals surface area contributed by atoms with Crippen LogP contribution in [0.25, 0.3) is 0 Å². The number of pyridine rings is 1. The van der Waals surface area contributed by atoms with Crippen LogP contribution in [-0.4, -0.2) is 31.3 Å². The van der Waals surface area contributed by atoms with Gasteiger partial charge in [-0.05, 0) is 36.4 Å². The first-order valence-electron chi connectivity index (χ1n) is 6.91. The molecule has 1 saturated heterocycles. The molecule has 0 atom stereocenters. The highest BCUT2D eigenvalue weighted by Crippen LogP contribution is 2.21. The summed E-state index contributed by atoms with van der Waals surface area (Å²) in [6.07, 6.45) is 1.63. The number of morpholine rings is 1. The lowest BCUT2D eigenvalue weighted by Gasteiger charge is -2.28. The summed E-state index contributed by atoms with van der Waals surface area (Å²) in [6.45, 7) is 3.42. The average Bonchev–Trinajstić information content (AvgIpc) is 2.56. The summed E-state index contributed by atoms with van der Waals surface area (Å²) in [5, 5.41) is 12.1. The smallest absolute Gasteiger partial charge is 0.131 e. The number of hydrogen-bond acceptors (Lipinski definition) is 5. The summed E-state index contributed by atoms with van der Waals surface area (Å²) >= 11 is 0. The molecule has 5 heteroatoms. The van der Waals surface area contributed by atoms with Crippen LogP contribution in [0.4, 0.5) is 17.2 Å². The molecule has 21 heavy (non-hydrogen) atoms. The van der Waals surface area contributed by atoms with E-state index in [9.17, 15) is 0 Å². The lowest BCUT2D eigenvalue weighted by molar-refractivity contribution is 0.122. The van der Waals surface area contributed by atoms with Gasteiger partial charge in [0.2, 0.25) is 0 Å². The molecule has 0 aliphatic carbocycles. The standard InChI is InChI=1S/C16H16N4O/c17-12-13-5-6-18-16(11-13)19-14-1-3-15(4-2-14)20-7-9-21-10-8-20/h1-6,11H,7-10H2,(H,18,19). The van der Waals surface area contributed by atoms with Crippen LogP contribution in [0.3, 0.4) is 0 Å². The largest absolute Gasteiger partial charge is 0.378 e. The summed E-state index contributed by atoms with van der Waals surface area (Å²) in [5.41, 5.74) is 2.75. The number of nitrogens with zero attached hydrogens (tertiary/aromatic N) is 3. The van der Waals surface area contributed by atoms with Gasteiger partial charge in [0.05, 0.1) is 24.8 Å². The minimum atomic E-state index is 0.595. The quantitative estimate of drug-likeness (QED) is 0.936. The number of rotatable bonds is 3. The zero-order chi connectivity index (χ0) is 14.5. The van der Waals surface area contributed by atoms with Crippen molar-refractivity contribution in [3.63, 3.8) is 0 Å². The molecule has 3 rings (SSSR count). The zero-order valence-electron chi connectivity index (χ0n) is 11.6. The molecule has 106 valence electrons. The Morgan fingerprint density at radius 3 is 2.62 bits per heavy atom. The van der Waals surface area contributed by atoms with Crippen molar-refractivity contribution in [3.8, 4) is 6.07 Å². The predicted octanol–water partition coefficient (Wildman–Crippen LogP) is 2.53. The lowest BCUT2D eigenvalue weighted by Crippen LogP contribution is -2.36. The summed E-state index contributed by atoms with van der Waals surface area (Å²) in [5.74, 6) is 0.674. The molecule has 0 spiro atoms. The van der Waals surface area contributed by atoms with Gasteiger partial charge in [0.15, 0.2) is 0 Å². The first-order valence-corrected chi connectivity index (χ1v) is 6.91. The molecular formula is C16H16N4O. The van der Waals surface area contributed by atoms with Gasteiger partial charge >= 0.3 is 0 Å². The number of anilines is 3. The summed E-state index contributed by atoms with van der Waals surface area (Å²) in [6, 6.07) is 13.7. The molecule has 0 bridgehead atoms. The molecular weight excluding hydrogens is 264 g/mol. The van der Waals surface area contributed by atoms with Crippen LogP contribution in [0.15, 0.2) is 42.6 Å². The maximum absolute atomic E-state index is 8.89. The van der Waals surface area contributed by atoms with Crippen molar-refractivity contribution in [2.75, 3.05) is 36.5 Å². The van der Waals surface area contributed by atoms with Gasteiger partial charge in [-0.25, -0.2) is 4.98 Å². The third kappa shape index (κ3) is 3.30. The Bertz CT molecular complexity index is 642. The molecule has 1 aromatic heterocycles. The van der Waals surface area contributed by atoms with Crippen LogP contribution < -0.4 is 10.2 Å². The molecule has 1 aromatic carbocycles. The van der Waals surface area contributed by atoms with Crippen molar-refractivity contribution >= 4 is 17.2 Å². The highest BCUT2D eigenvalue weighted by atomic mass is 16.5. The van der Waals surface area contributed by atoms with Crippen molar-refractivity contribution in [1.29, 1.82) is 5.26 Å². The average molecular weight is 280 g/mol. The Kier molecular flexibility index (Phi) is 3.99. The van der Waals surface area contributed by atoms with E-state index in [1.165, 1.54) is 5.69 Å². The number of ether oxygens (including phenoxy) is 1. The number of aromatic nitrogens is 1. The van der Waals surface area contributed by atoms with Gasteiger partial charge in [0.25, 0.3) is 0 Å². The number of nitriles is 1. The van der Waals surface area contributed by atoms with E-state index in [1.54, 1.807) is 18.3 Å². The fourth-order valence-electron chi connectivity index (χ4n) is 2.29. The fraction of sp³-hybridized carbons (Fsp3) is 0.250. The van der Waals surface area contributed by atoms with E-state index >= 15 is 0 Å². The van der Waals surface area contributed by atoms with Crippen LogP contribution in [-0.2, 0) is 4.74 Å². The summed E-state index contributed by atoms with van der Waals surface area (Å²) in [7, 11) is 0. The van der Waals surface area contributed by atoms with Crippen molar-refractivity contribution in [3.05, 3.63) is 48.2 Å². The fourth-order valence-corrected chi connectivity index (χ4v) is 2.29. The highest BCUT2D eigenvalue weighted by molar-refractivity contribution is 5.61. The maximum Gasteiger partial charge on any atom is 0.131 e. The van der Waals surface area contributed by atoms with Gasteiger partial charge in [-0.1, -0.05) is 0 Å². The van der Waals surface area contributed by atoms with Crippen molar-refractivity contribution in [1.82, 2.24) is 4.98 Å². The second-order valence-corrected chi connectivity index (χ2v) is 4.81. The Labute approximate surface area is 123 Å². The summed E-state index contributed by atoms with van der Waals surface area (Å²) in [4.78, 5) is 6.51. The van der Waals surface area contributed by atoms with Crippen molar-refractivity contribution < 1.29 is 4.74 Å². The van der Waals surface area contributed by atoms with Crippen molar-refractivity contribution in [2.24, 2.45) is 0 Å². The van der Waals surface area contributed by atoms with Gasteiger partial charge in [0, 0.05) is 30.7 Å². The van der Waals surface area contributed by atoms with Gasteiger partial charge in [0.1, 0.15) is 5.82 Å². The Balaban J connectivity index is 1.70. The number of benzene rings is 1. The summed E-state index contributed by atoms with van der Waals surface area (Å²) < 4.78 is 5.36. The minimum Gasteiger partial charge on any atom is -0.378 e. The topological polar surface area (TPSA) is 61.2 Å². The van der Waals surface area contributed by atoms with E-state index in [2.05, 4.69) is 33.4 Å². The third-order valence-corrected chi connectivity index (χ3v) is 3.40. The van der Waals surface area contributed by atoms with Crippen LogP contribution in [0.5, 0.6) is 0 Å². The Hall–Kier alpha value is -2.58. The van der Waals surface area contributed by atoms with Crippen LogP contribution >= 0.6 is 0 Å². The second-order valence-electron chi connectivity index (χ2n) is 4.81. The zero-order valence-corrected chi connectivity index (χ0v) is 11.6. The Morgan fingerprint density at radius 2 is 1.90 bits per heavy atom. The molecule has 5 nitrogen and oxygen atoms in total. The molecule has 1 fully saturated rings. The first kappa shape index (κ1) is 13.4. The minimum absolute atomic E-state index is 0.595. The maximum atomic E-state index is 8.89. The van der Waals surface area contributed by atoms with Gasteiger partial charge in [-0.15, -0.1) is 0 Å². The van der Waals surface area contributed by atoms with E-state index in [0.29, 0.717) is 11.4 Å². The van der Waals surface area contributed by atoms with Crippen LogP contribution in [0.1, 0.15) is 5.56 Å². The molecule has 1 aliphatic heterocycles. The molecule has 0 amide bonds. The SMILES string of the molecule is N#Cc1ccnc(Nc2ccc(N3CCOCC3)cc2)c1. The normalized spacial score (nSPS) is 14.5. The lowest BCUT2D eigenvalue weighted by atomic mass is 10.2. The second kappa shape index (κ2) is 6.25. The molecule has 1 aliphatic rings. The van der Waals surface area contributed by atoms with E-state index in [0.717, 1.165) is 32.0 Å². The van der Waals surface area contributed by atoms with E-state index in [4.69, 9.17) is 10.00 Å². The van der Waals surface area contributed by atoms with Crippen LogP contribution in [0.2, 0.25) is 0 Å². The molecule has 0 unspecified atom stereocenters. The first-order chi connectivity index (χ1) is 10.3. The van der Waals surface area contributed by atoms with Gasteiger partial charge < -0.3 is 15.0 Å². The molecule has 0 radical (unpaired) electrons. The van der Waals surface area contributed by atoms with E-state index in [-0.39, 0.29) is 0 Å². The molecule has 0 saturated carbocycles. The van der Waals surface area contributed by atoms with Crippen LogP contribution in [0, 0.1) is 11.3 Å². The van der Waals surface area contributed by atoms with Gasteiger partial charge in [-0.3, -0.25) is 0 Å². The Morgan fingerprint density at radius 1 is 1.14 bits per heavy atom. The number of hydrogen-bond donors (Lipinski definition) is 1. The van der Waals surface area contributed by atoms with E-state index in [1.807, 2.05) is 12.1 Å². The molecule has 2 aromatic rings. The highest BCUT2D eigenvalue weighted by Gasteiger charge is 2.10. The molecule has 2 heterocycles. The molecule has 1 N–H and O–H groups in total. The van der Waals surface area contributed by atoms with Gasteiger partial charge in [-0.2, -0.15) is 5.26 Å². The third-order valence-electron chi connectivity index (χ3n) is 3.40.